The number of aliphatic hydroxyl groups is 1. The Morgan fingerprint density at radius 1 is 1.11 bits per heavy atom. The highest BCUT2D eigenvalue weighted by Gasteiger charge is 1.96. The quantitative estimate of drug-likeness (QED) is 0.618. The van der Waals surface area contributed by atoms with Crippen LogP contribution in [0.25, 0.3) is 0 Å². The van der Waals surface area contributed by atoms with Crippen molar-refractivity contribution in [3.63, 3.8) is 0 Å². The van der Waals surface area contributed by atoms with E-state index in [1.54, 1.807) is 0 Å². The summed E-state index contributed by atoms with van der Waals surface area (Å²) in [5.74, 6) is 0.781. The highest BCUT2D eigenvalue weighted by molar-refractivity contribution is 4.50. The molecule has 0 aliphatic carbocycles. The SMILES string of the molecule is CC(C)CCC[C@H](C)O. The maximum absolute atomic E-state index is 8.87. The molecule has 1 atom stereocenters. The molecule has 0 amide bonds. The van der Waals surface area contributed by atoms with Gasteiger partial charge in [0.25, 0.3) is 0 Å². The molecule has 0 saturated carbocycles. The van der Waals surface area contributed by atoms with E-state index >= 15 is 0 Å². The minimum absolute atomic E-state index is 0.108. The fraction of sp³-hybridized carbons (Fsp3) is 1.00. The lowest BCUT2D eigenvalue weighted by molar-refractivity contribution is 0.179. The second-order valence-electron chi connectivity index (χ2n) is 3.17. The first kappa shape index (κ1) is 8.96. The van der Waals surface area contributed by atoms with E-state index in [0.717, 1.165) is 18.8 Å². The van der Waals surface area contributed by atoms with Gasteiger partial charge in [0.1, 0.15) is 0 Å². The molecule has 0 spiro atoms. The normalized spacial score (nSPS) is 14.3. The Labute approximate surface area is 58.1 Å². The van der Waals surface area contributed by atoms with Crippen LogP contribution in [0.15, 0.2) is 0 Å². The van der Waals surface area contributed by atoms with Gasteiger partial charge in [-0.15, -0.1) is 0 Å². The lowest BCUT2D eigenvalue weighted by Crippen LogP contribution is -1.99. The molecule has 0 radical (unpaired) electrons. The Morgan fingerprint density at radius 2 is 1.67 bits per heavy atom. The highest BCUT2D eigenvalue weighted by Crippen LogP contribution is 2.07. The van der Waals surface area contributed by atoms with Gasteiger partial charge >= 0.3 is 0 Å². The van der Waals surface area contributed by atoms with Crippen LogP contribution in [0, 0.1) is 5.92 Å². The first-order valence-electron chi connectivity index (χ1n) is 3.81. The van der Waals surface area contributed by atoms with Crippen molar-refractivity contribution in [2.24, 2.45) is 5.92 Å². The molecule has 1 N–H and O–H groups in total. The molecule has 56 valence electrons. The van der Waals surface area contributed by atoms with Gasteiger partial charge in [0.05, 0.1) is 6.10 Å². The van der Waals surface area contributed by atoms with E-state index < -0.39 is 0 Å². The molecule has 0 aliphatic rings. The summed E-state index contributed by atoms with van der Waals surface area (Å²) in [6, 6.07) is 0. The molecule has 1 heteroatoms. The van der Waals surface area contributed by atoms with Crippen molar-refractivity contribution in [3.05, 3.63) is 0 Å². The molecule has 0 heterocycles. The summed E-state index contributed by atoms with van der Waals surface area (Å²) in [6.07, 6.45) is 3.25. The minimum atomic E-state index is -0.108. The zero-order valence-electron chi connectivity index (χ0n) is 6.72. The first-order chi connectivity index (χ1) is 4.13. The molecule has 0 rings (SSSR count). The van der Waals surface area contributed by atoms with Crippen LogP contribution >= 0.6 is 0 Å². The van der Waals surface area contributed by atoms with E-state index in [-0.39, 0.29) is 6.10 Å². The fourth-order valence-electron chi connectivity index (χ4n) is 0.822. The Bertz CT molecular complexity index is 49.6. The van der Waals surface area contributed by atoms with Crippen molar-refractivity contribution in [2.45, 2.75) is 46.1 Å². The van der Waals surface area contributed by atoms with Gasteiger partial charge in [-0.3, -0.25) is 0 Å². The van der Waals surface area contributed by atoms with Gasteiger partial charge in [-0.05, 0) is 19.3 Å². The molecule has 9 heavy (non-hydrogen) atoms. The lowest BCUT2D eigenvalue weighted by Gasteiger charge is -2.05. The maximum Gasteiger partial charge on any atom is 0.0512 e. The van der Waals surface area contributed by atoms with E-state index in [9.17, 15) is 0 Å². The van der Waals surface area contributed by atoms with Gasteiger partial charge in [-0.2, -0.15) is 0 Å². The third-order valence-electron chi connectivity index (χ3n) is 1.40. The van der Waals surface area contributed by atoms with Crippen molar-refractivity contribution in [3.8, 4) is 0 Å². The van der Waals surface area contributed by atoms with Crippen LogP contribution in [0.5, 0.6) is 0 Å². The smallest absolute Gasteiger partial charge is 0.0512 e. The summed E-state index contributed by atoms with van der Waals surface area (Å²) < 4.78 is 0. The molecule has 0 aromatic heterocycles. The topological polar surface area (TPSA) is 20.2 Å². The van der Waals surface area contributed by atoms with Crippen molar-refractivity contribution >= 4 is 0 Å². The molecule has 0 aromatic rings. The van der Waals surface area contributed by atoms with Gasteiger partial charge in [0.2, 0.25) is 0 Å². The molecule has 0 saturated heterocycles. The summed E-state index contributed by atoms with van der Waals surface area (Å²) in [5, 5.41) is 8.87. The maximum atomic E-state index is 8.87. The number of rotatable bonds is 4. The van der Waals surface area contributed by atoms with Gasteiger partial charge in [-0.25, -0.2) is 0 Å². The molecular weight excluding hydrogens is 112 g/mol. The van der Waals surface area contributed by atoms with Crippen LogP contribution in [0.4, 0.5) is 0 Å². The Hall–Kier alpha value is -0.0400. The van der Waals surface area contributed by atoms with Gasteiger partial charge in [0, 0.05) is 0 Å². The predicted octanol–water partition coefficient (Wildman–Crippen LogP) is 2.19. The van der Waals surface area contributed by atoms with Gasteiger partial charge in [-0.1, -0.05) is 26.7 Å². The van der Waals surface area contributed by atoms with E-state index in [0.29, 0.717) is 0 Å². The minimum Gasteiger partial charge on any atom is -0.393 e. The second kappa shape index (κ2) is 4.80. The predicted molar refractivity (Wildman–Crippen MR) is 40.4 cm³/mol. The highest BCUT2D eigenvalue weighted by atomic mass is 16.3. The third-order valence-corrected chi connectivity index (χ3v) is 1.40. The van der Waals surface area contributed by atoms with Crippen LogP contribution in [-0.2, 0) is 0 Å². The van der Waals surface area contributed by atoms with Crippen LogP contribution in [-0.4, -0.2) is 11.2 Å². The van der Waals surface area contributed by atoms with E-state index in [2.05, 4.69) is 13.8 Å². The van der Waals surface area contributed by atoms with Crippen LogP contribution in [0.1, 0.15) is 40.0 Å². The number of aliphatic hydroxyl groups excluding tert-OH is 1. The molecule has 1 nitrogen and oxygen atoms in total. The van der Waals surface area contributed by atoms with Gasteiger partial charge in [0.15, 0.2) is 0 Å². The van der Waals surface area contributed by atoms with Crippen molar-refractivity contribution in [1.82, 2.24) is 0 Å². The molecule has 0 bridgehead atoms. The van der Waals surface area contributed by atoms with Crippen molar-refractivity contribution in [1.29, 1.82) is 0 Å². The van der Waals surface area contributed by atoms with Crippen molar-refractivity contribution < 1.29 is 5.11 Å². The van der Waals surface area contributed by atoms with Crippen LogP contribution < -0.4 is 0 Å². The average molecular weight is 130 g/mol. The largest absolute Gasteiger partial charge is 0.393 e. The number of hydrogen-bond donors (Lipinski definition) is 1. The standard InChI is InChI=1S/C8H18O/c1-7(2)5-4-6-8(3)9/h7-9H,4-6H2,1-3H3/t8-/m0/s1. The van der Waals surface area contributed by atoms with E-state index in [1.807, 2.05) is 6.92 Å². The summed E-state index contributed by atoms with van der Waals surface area (Å²) in [7, 11) is 0. The second-order valence-corrected chi connectivity index (χ2v) is 3.17. The molecular formula is C8H18O. The summed E-state index contributed by atoms with van der Waals surface area (Å²) in [6.45, 7) is 6.27. The van der Waals surface area contributed by atoms with Crippen LogP contribution in [0.2, 0.25) is 0 Å². The Morgan fingerprint density at radius 3 is 2.00 bits per heavy atom. The zero-order chi connectivity index (χ0) is 7.28. The summed E-state index contributed by atoms with van der Waals surface area (Å²) >= 11 is 0. The summed E-state index contributed by atoms with van der Waals surface area (Å²) in [5.41, 5.74) is 0. The van der Waals surface area contributed by atoms with Crippen LogP contribution in [0.3, 0.4) is 0 Å². The monoisotopic (exact) mass is 130 g/mol. The van der Waals surface area contributed by atoms with E-state index in [1.165, 1.54) is 6.42 Å². The molecule has 0 fully saturated rings. The molecule has 0 unspecified atom stereocenters. The first-order valence-corrected chi connectivity index (χ1v) is 3.81. The average Bonchev–Trinajstić information content (AvgIpc) is 1.63. The fourth-order valence-corrected chi connectivity index (χ4v) is 0.822. The number of hydrogen-bond acceptors (Lipinski definition) is 1. The van der Waals surface area contributed by atoms with E-state index in [4.69, 9.17) is 5.11 Å². The van der Waals surface area contributed by atoms with Gasteiger partial charge < -0.3 is 5.11 Å². The molecule has 0 aromatic carbocycles. The lowest BCUT2D eigenvalue weighted by atomic mass is 10.1. The van der Waals surface area contributed by atoms with Crippen molar-refractivity contribution in [2.75, 3.05) is 0 Å². The summed E-state index contributed by atoms with van der Waals surface area (Å²) in [4.78, 5) is 0. The zero-order valence-corrected chi connectivity index (χ0v) is 6.72. The molecule has 0 aliphatic heterocycles. The Balaban J connectivity index is 2.91. The Kier molecular flexibility index (Phi) is 4.78. The third kappa shape index (κ3) is 7.96.